The molecule has 1 unspecified atom stereocenters. The van der Waals surface area contributed by atoms with Crippen LogP contribution >= 0.6 is 7.75 Å². The fourth-order valence-corrected chi connectivity index (χ4v) is 7.41. The molecule has 6 atom stereocenters. The predicted octanol–water partition coefficient (Wildman–Crippen LogP) is 4.20. The lowest BCUT2D eigenvalue weighted by Crippen LogP contribution is -2.50. The third kappa shape index (κ3) is 9.17. The quantitative estimate of drug-likeness (QED) is 0.134. The first-order valence-electron chi connectivity index (χ1n) is 17.5. The number of nitrogens with zero attached hydrogens (tertiary/aromatic N) is 4. The van der Waals surface area contributed by atoms with Gasteiger partial charge in [-0.15, -0.1) is 0 Å². The molecule has 4 heterocycles. The summed E-state index contributed by atoms with van der Waals surface area (Å²) >= 11 is 0. The molecular formula is C36H47N6O10P. The van der Waals surface area contributed by atoms with Crippen LogP contribution in [0.15, 0.2) is 54.7 Å². The fourth-order valence-electron chi connectivity index (χ4n) is 5.89. The van der Waals surface area contributed by atoms with Crippen molar-refractivity contribution < 1.29 is 46.9 Å². The first-order chi connectivity index (χ1) is 25.1. The number of rotatable bonds is 14. The Balaban J connectivity index is 1.51. The maximum atomic E-state index is 14.6. The molecule has 2 fully saturated rings. The summed E-state index contributed by atoms with van der Waals surface area (Å²) in [6, 6.07) is 13.9. The molecule has 5 rings (SSSR count). The van der Waals surface area contributed by atoms with E-state index in [4.69, 9.17) is 33.7 Å². The monoisotopic (exact) mass is 754 g/mol. The average Bonchev–Trinajstić information content (AvgIpc) is 3.68. The Morgan fingerprint density at radius 3 is 2.30 bits per heavy atom. The summed E-state index contributed by atoms with van der Waals surface area (Å²) in [6.45, 7) is 8.58. The minimum atomic E-state index is -4.56. The molecule has 0 radical (unpaired) electrons. The van der Waals surface area contributed by atoms with E-state index in [0.717, 1.165) is 13.1 Å². The van der Waals surface area contributed by atoms with E-state index >= 15 is 0 Å². The summed E-state index contributed by atoms with van der Waals surface area (Å²) in [5.74, 6) is -3.20. The zero-order valence-corrected chi connectivity index (χ0v) is 31.6. The van der Waals surface area contributed by atoms with Gasteiger partial charge in [0.25, 0.3) is 0 Å². The summed E-state index contributed by atoms with van der Waals surface area (Å²) in [5, 5.41) is 17.9. The molecule has 0 aliphatic carbocycles. The molecule has 2 saturated heterocycles. The fraction of sp³-hybridized carbons (Fsp3) is 0.528. The number of nitrogens with two attached hydrogens (primary N) is 1. The second-order valence-corrected chi connectivity index (χ2v) is 15.6. The Morgan fingerprint density at radius 1 is 1.00 bits per heavy atom. The maximum absolute atomic E-state index is 14.6. The molecule has 53 heavy (non-hydrogen) atoms. The number of nitriles is 1. The molecule has 16 nitrogen and oxygen atoms in total. The van der Waals surface area contributed by atoms with Gasteiger partial charge < -0.3 is 34.1 Å². The van der Waals surface area contributed by atoms with Crippen LogP contribution in [0.1, 0.15) is 59.3 Å². The van der Waals surface area contributed by atoms with Crippen LogP contribution in [-0.2, 0) is 42.4 Å². The second-order valence-electron chi connectivity index (χ2n) is 13.9. The highest BCUT2D eigenvalue weighted by Crippen LogP contribution is 2.50. The number of benzene rings is 1. The molecule has 2 aromatic heterocycles. The Labute approximate surface area is 308 Å². The second kappa shape index (κ2) is 16.7. The number of carbonyl (C=O) groups is 3. The van der Waals surface area contributed by atoms with E-state index < -0.39 is 74.1 Å². The maximum Gasteiger partial charge on any atom is 0.459 e. The van der Waals surface area contributed by atoms with Gasteiger partial charge in [-0.1, -0.05) is 45.9 Å². The lowest BCUT2D eigenvalue weighted by atomic mass is 9.95. The van der Waals surface area contributed by atoms with Crippen LogP contribution in [0.25, 0.3) is 5.52 Å². The van der Waals surface area contributed by atoms with E-state index in [-0.39, 0.29) is 11.9 Å². The zero-order valence-electron chi connectivity index (χ0n) is 30.7. The SMILES string of the molecule is CC(C)C(=O)O[C@H]1[C@H](c2ccc3c(N)ccnn23)O[C@](C#N)(COP(=O)(N[C@@H](C)C(=O)OC2CCN(C)CC2)Oc2ccccc2)[C@H]1OC(=O)C(C)C. The number of piperidine rings is 1. The van der Waals surface area contributed by atoms with Gasteiger partial charge in [-0.05, 0) is 57.1 Å². The van der Waals surface area contributed by atoms with Crippen molar-refractivity contribution in [2.45, 2.75) is 83.5 Å². The number of fused-ring (bicyclic) bond motifs is 1. The topological polar surface area (TPSA) is 206 Å². The van der Waals surface area contributed by atoms with Gasteiger partial charge in [0.1, 0.15) is 36.7 Å². The van der Waals surface area contributed by atoms with Crippen LogP contribution < -0.4 is 15.3 Å². The van der Waals surface area contributed by atoms with Crippen LogP contribution in [0.3, 0.4) is 0 Å². The van der Waals surface area contributed by atoms with Gasteiger partial charge in [0.2, 0.25) is 5.60 Å². The molecule has 0 spiro atoms. The van der Waals surface area contributed by atoms with Gasteiger partial charge in [0, 0.05) is 19.3 Å². The van der Waals surface area contributed by atoms with Gasteiger partial charge in [-0.25, -0.2) is 9.08 Å². The standard InChI is InChI=1S/C36H47N6O10P/c1-22(2)33(43)49-31-30(29-13-12-28-27(38)14-17-39-42(28)29)51-36(20-37,32(31)50-34(44)23(3)4)21-47-53(46,52-26-10-8-7-9-11-26)40-24(5)35(45)48-25-15-18-41(6)19-16-25/h7-14,17,22-25,30-32H,15-16,18-19,21,38H2,1-6H3,(H,40,46)/t24-,30-,31-,32-,36+,53?/m0/s1. The Morgan fingerprint density at radius 2 is 1.66 bits per heavy atom. The van der Waals surface area contributed by atoms with E-state index in [1.54, 1.807) is 64.1 Å². The number of esters is 3. The number of anilines is 1. The van der Waals surface area contributed by atoms with Gasteiger partial charge in [0.05, 0.1) is 28.7 Å². The van der Waals surface area contributed by atoms with E-state index in [0.29, 0.717) is 29.7 Å². The van der Waals surface area contributed by atoms with Gasteiger partial charge in [-0.2, -0.15) is 15.4 Å². The highest BCUT2D eigenvalue weighted by atomic mass is 31.2. The largest absolute Gasteiger partial charge is 0.461 e. The van der Waals surface area contributed by atoms with Crippen molar-refractivity contribution in [2.75, 3.05) is 32.5 Å². The van der Waals surface area contributed by atoms with Crippen molar-refractivity contribution in [3.05, 3.63) is 60.4 Å². The molecule has 2 aliphatic heterocycles. The molecule has 1 aromatic carbocycles. The molecular weight excluding hydrogens is 707 g/mol. The lowest BCUT2D eigenvalue weighted by Gasteiger charge is -2.31. The van der Waals surface area contributed by atoms with Crippen molar-refractivity contribution in [3.8, 4) is 11.8 Å². The normalized spacial score (nSPS) is 24.0. The van der Waals surface area contributed by atoms with Crippen molar-refractivity contribution in [2.24, 2.45) is 11.8 Å². The highest BCUT2D eigenvalue weighted by molar-refractivity contribution is 7.52. The molecule has 2 aliphatic rings. The Bertz CT molecular complexity index is 1860. The zero-order chi connectivity index (χ0) is 38.5. The number of hydrogen-bond donors (Lipinski definition) is 2. The average molecular weight is 755 g/mol. The summed E-state index contributed by atoms with van der Waals surface area (Å²) in [4.78, 5) is 41.7. The minimum absolute atomic E-state index is 0.130. The van der Waals surface area contributed by atoms with E-state index in [1.807, 2.05) is 7.05 Å². The summed E-state index contributed by atoms with van der Waals surface area (Å²) in [5.41, 5.74) is 5.18. The number of likely N-dealkylation sites (tertiary alicyclic amines) is 1. The van der Waals surface area contributed by atoms with Crippen molar-refractivity contribution >= 4 is 36.9 Å². The lowest BCUT2D eigenvalue weighted by molar-refractivity contribution is -0.173. The van der Waals surface area contributed by atoms with E-state index in [1.165, 1.54) is 29.8 Å². The van der Waals surface area contributed by atoms with Crippen LogP contribution in [0.2, 0.25) is 0 Å². The number of ether oxygens (including phenoxy) is 4. The Hall–Kier alpha value is -4.52. The van der Waals surface area contributed by atoms with Gasteiger partial charge in [-0.3, -0.25) is 18.9 Å². The molecule has 0 amide bonds. The number of nitrogen functional groups attached to an aromatic ring is 1. The number of para-hydroxylation sites is 1. The molecule has 286 valence electrons. The van der Waals surface area contributed by atoms with Crippen molar-refractivity contribution in [3.63, 3.8) is 0 Å². The summed E-state index contributed by atoms with van der Waals surface area (Å²) in [6.07, 6.45) is -1.82. The van der Waals surface area contributed by atoms with Crippen molar-refractivity contribution in [1.29, 1.82) is 5.26 Å². The van der Waals surface area contributed by atoms with Crippen molar-refractivity contribution in [1.82, 2.24) is 19.6 Å². The third-order valence-corrected chi connectivity index (χ3v) is 10.6. The molecule has 3 aromatic rings. The third-order valence-electron chi connectivity index (χ3n) is 9.00. The smallest absolute Gasteiger partial charge is 0.459 e. The van der Waals surface area contributed by atoms with Crippen LogP contribution in [-0.4, -0.2) is 89.1 Å². The first kappa shape index (κ1) is 39.7. The number of aromatic nitrogens is 2. The van der Waals surface area contributed by atoms with E-state index in [9.17, 15) is 24.2 Å². The molecule has 3 N–H and O–H groups in total. The first-order valence-corrected chi connectivity index (χ1v) is 19.1. The summed E-state index contributed by atoms with van der Waals surface area (Å²) in [7, 11) is -2.58. The predicted molar refractivity (Wildman–Crippen MR) is 191 cm³/mol. The minimum Gasteiger partial charge on any atom is -0.461 e. The molecule has 17 heteroatoms. The summed E-state index contributed by atoms with van der Waals surface area (Å²) < 4.78 is 51.9. The number of nitrogens with one attached hydrogen (secondary N) is 1. The van der Waals surface area contributed by atoms with Crippen LogP contribution in [0.4, 0.5) is 5.69 Å². The number of hydrogen-bond acceptors (Lipinski definition) is 14. The van der Waals surface area contributed by atoms with Crippen LogP contribution in [0.5, 0.6) is 5.75 Å². The Kier molecular flexibility index (Phi) is 12.5. The highest BCUT2D eigenvalue weighted by Gasteiger charge is 2.62. The van der Waals surface area contributed by atoms with E-state index in [2.05, 4.69) is 21.2 Å². The number of carbonyl (C=O) groups excluding carboxylic acids is 3. The molecule has 0 saturated carbocycles. The van der Waals surface area contributed by atoms with Crippen LogP contribution in [0, 0.1) is 23.2 Å². The van der Waals surface area contributed by atoms with Gasteiger partial charge in [0.15, 0.2) is 12.2 Å². The van der Waals surface area contributed by atoms with Gasteiger partial charge >= 0.3 is 25.7 Å². The molecule has 0 bridgehead atoms.